The minimum absolute atomic E-state index is 0.0154. The fourth-order valence-electron chi connectivity index (χ4n) is 12.4. The van der Waals surface area contributed by atoms with Crippen molar-refractivity contribution in [2.75, 3.05) is 13.2 Å². The molecule has 6 N–H and O–H groups in total. The Kier molecular flexibility index (Phi) is 32.4. The first-order chi connectivity index (χ1) is 37.5. The van der Waals surface area contributed by atoms with E-state index in [0.717, 1.165) is 93.5 Å². The summed E-state index contributed by atoms with van der Waals surface area (Å²) >= 11 is -2.60. The van der Waals surface area contributed by atoms with E-state index in [9.17, 15) is 33.9 Å². The molecule has 78 heavy (non-hydrogen) atoms. The number of ether oxygens (including phenoxy) is 2. The molecule has 0 radical (unpaired) electrons. The summed E-state index contributed by atoms with van der Waals surface area (Å²) in [5, 5.41) is 30.1. The number of aromatic carboxylic acids is 2. The van der Waals surface area contributed by atoms with Crippen LogP contribution in [0.25, 0.3) is 0 Å². The van der Waals surface area contributed by atoms with Crippen molar-refractivity contribution < 1.29 is 48.5 Å². The van der Waals surface area contributed by atoms with Crippen LogP contribution in [0.1, 0.15) is 203 Å². The number of benzene rings is 2. The van der Waals surface area contributed by atoms with Crippen LogP contribution < -0.4 is 24.8 Å². The van der Waals surface area contributed by atoms with Gasteiger partial charge in [0.2, 0.25) is 0 Å². The number of carbonyl (C=O) groups is 6. The van der Waals surface area contributed by atoms with Gasteiger partial charge in [-0.25, -0.2) is 14.4 Å². The number of hydrogen-bond donors (Lipinski definition) is 6. The number of halogens is 1. The molecule has 4 fully saturated rings. The van der Waals surface area contributed by atoms with Gasteiger partial charge < -0.3 is 26.4 Å². The second-order valence-corrected chi connectivity index (χ2v) is 52.3. The van der Waals surface area contributed by atoms with E-state index in [-0.39, 0.29) is 36.1 Å². The number of rotatable bonds is 35. The van der Waals surface area contributed by atoms with Crippen molar-refractivity contribution in [1.29, 1.82) is 0 Å². The van der Waals surface area contributed by atoms with E-state index in [1.165, 1.54) is 81.6 Å². The third kappa shape index (κ3) is 24.3. The Labute approximate surface area is 490 Å². The zero-order valence-corrected chi connectivity index (χ0v) is 56.1. The van der Waals surface area contributed by atoms with E-state index >= 15 is 0 Å². The molecule has 438 valence electrons. The van der Waals surface area contributed by atoms with Crippen molar-refractivity contribution in [2.45, 2.75) is 238 Å². The summed E-state index contributed by atoms with van der Waals surface area (Å²) in [5.41, 5.74) is 0.745. The number of urea groups is 2. The zero-order chi connectivity index (χ0) is 56.8. The first-order valence-electron chi connectivity index (χ1n) is 30.3. The smallest absolute Gasteiger partial charge is 0.478 e. The van der Waals surface area contributed by atoms with E-state index in [4.69, 9.17) is 14.6 Å². The number of amides is 4. The molecule has 0 unspecified atom stereocenters. The van der Waals surface area contributed by atoms with Crippen molar-refractivity contribution in [3.8, 4) is 0 Å². The minimum Gasteiger partial charge on any atom is -0.478 e. The van der Waals surface area contributed by atoms with Crippen molar-refractivity contribution >= 4 is 98.9 Å². The Morgan fingerprint density at radius 3 is 1.41 bits per heavy atom. The SMILES string of the molecule is CCC[CH2][Sn]([CH2]CCC)([CH2]CCCOC(=O)CCCC[C@@H]1CC[C@@H]2NC(=O)N[C@H]12)[c]1cccc(C(=O)O)c1.CCC[CH2][Sn]([CH3])([CH2]CCC)[CH2]CCCOC(=O)CCCC[C@@H]1CC[C@@H]2NC(=O)N[C@H]12.O=C(O)c1cccc(I)c1. The monoisotopic (exact) mass is 1410 g/mol. The van der Waals surface area contributed by atoms with Crippen LogP contribution in [-0.4, -0.2) is 120 Å². The molecule has 4 amide bonds. The molecule has 6 atom stereocenters. The van der Waals surface area contributed by atoms with Crippen molar-refractivity contribution in [1.82, 2.24) is 21.3 Å². The van der Waals surface area contributed by atoms with Gasteiger partial charge in [0.05, 0.1) is 17.6 Å². The molecule has 2 aliphatic carbocycles. The van der Waals surface area contributed by atoms with Crippen LogP contribution in [0.5, 0.6) is 0 Å². The van der Waals surface area contributed by atoms with Gasteiger partial charge in [0.15, 0.2) is 0 Å². The quantitative estimate of drug-likeness (QED) is 0.0166. The van der Waals surface area contributed by atoms with Gasteiger partial charge >= 0.3 is 373 Å². The standard InChI is InChI=1S/2C15H25N2O3.C7H5IO2.C7H5O2.4C4H9.CH3.2Sn/c2*1-2-3-10-20-13(18)7-5-4-6-11-8-9-12-14(11)17-15(19)16-12;8-6-3-1-2-5(4-6)7(9)10;8-7(9)6-4-2-1-3-5-6;4*1-3-4-2;;;/h2*11-12,14H,1-10H2,(H2,16,17,19);1-4H,(H,9,10);1-2,4-5H,(H,8,9);4*1,3-4H2,2H3;1H3;;/t2*11-,12+,14-;;;;;;;;;/m11........./s1. The van der Waals surface area contributed by atoms with Gasteiger partial charge in [0.25, 0.3) is 0 Å². The number of carboxylic acids is 2. The summed E-state index contributed by atoms with van der Waals surface area (Å²) < 4.78 is 21.6. The van der Waals surface area contributed by atoms with Crippen LogP contribution in [0.15, 0.2) is 48.5 Å². The van der Waals surface area contributed by atoms with Crippen LogP contribution >= 0.6 is 22.6 Å². The molecule has 4 aliphatic rings. The number of hydrogen-bond acceptors (Lipinski definition) is 8. The van der Waals surface area contributed by atoms with Crippen molar-refractivity contribution in [3.05, 3.63) is 63.2 Å². The zero-order valence-electron chi connectivity index (χ0n) is 48.2. The summed E-state index contributed by atoms with van der Waals surface area (Å²) in [6, 6.07) is 15.7. The third-order valence-electron chi connectivity index (χ3n) is 17.0. The van der Waals surface area contributed by atoms with E-state index in [2.05, 4.69) is 82.6 Å². The van der Waals surface area contributed by atoms with Gasteiger partial charge in [0.1, 0.15) is 0 Å². The third-order valence-corrected chi connectivity index (χ3v) is 46.7. The average Bonchev–Trinajstić information content (AvgIpc) is 4.20. The summed E-state index contributed by atoms with van der Waals surface area (Å²) in [6.07, 6.45) is 25.7. The van der Waals surface area contributed by atoms with Crippen LogP contribution in [0.3, 0.4) is 0 Å². The summed E-state index contributed by atoms with van der Waals surface area (Å²) in [5.74, 6) is -0.785. The van der Waals surface area contributed by atoms with E-state index in [1.807, 2.05) is 18.2 Å². The van der Waals surface area contributed by atoms with Gasteiger partial charge in [-0.1, -0.05) is 6.07 Å². The van der Waals surface area contributed by atoms with Crippen LogP contribution in [0, 0.1) is 15.4 Å². The molecule has 0 aromatic heterocycles. The van der Waals surface area contributed by atoms with Crippen LogP contribution in [0.2, 0.25) is 31.6 Å². The number of nitrogens with one attached hydrogen (secondary N) is 4. The summed E-state index contributed by atoms with van der Waals surface area (Å²) in [4.78, 5) is 71.9. The van der Waals surface area contributed by atoms with Crippen LogP contribution in [0.4, 0.5) is 9.59 Å². The van der Waals surface area contributed by atoms with E-state index in [1.54, 1.807) is 24.3 Å². The number of esters is 2. The maximum atomic E-state index is 12.3. The first kappa shape index (κ1) is 67.7. The molecule has 2 aromatic carbocycles. The Balaban J connectivity index is 0.000000290. The minimum atomic E-state index is -2.79. The molecule has 14 nitrogen and oxygen atoms in total. The average molecular weight is 1410 g/mol. The topological polar surface area (TPSA) is 209 Å². The Morgan fingerprint density at radius 2 is 0.962 bits per heavy atom. The van der Waals surface area contributed by atoms with Gasteiger partial charge in [-0.05, 0) is 53.6 Å². The Morgan fingerprint density at radius 1 is 0.538 bits per heavy atom. The number of carbonyl (C=O) groups excluding carboxylic acids is 4. The summed E-state index contributed by atoms with van der Waals surface area (Å²) in [6.45, 7) is 10.2. The molecule has 2 saturated carbocycles. The molecule has 6 rings (SSSR count). The predicted molar refractivity (Wildman–Crippen MR) is 326 cm³/mol. The molecule has 2 aromatic rings. The molecular formula is C61H99IN4O10Sn2. The molecule has 17 heteroatoms. The Hall–Kier alpha value is -2.81. The Bertz CT molecular complexity index is 2130. The predicted octanol–water partition coefficient (Wildman–Crippen LogP) is 14.0. The van der Waals surface area contributed by atoms with E-state index in [0.29, 0.717) is 61.1 Å². The second kappa shape index (κ2) is 37.3. The molecular weight excluding hydrogens is 1310 g/mol. The van der Waals surface area contributed by atoms with Gasteiger partial charge in [0, 0.05) is 3.57 Å². The summed E-state index contributed by atoms with van der Waals surface area (Å²) in [7, 11) is 0. The molecule has 2 heterocycles. The fourth-order valence-corrected chi connectivity index (χ4v) is 40.9. The maximum absolute atomic E-state index is 12.3. The second-order valence-electron chi connectivity index (χ2n) is 23.2. The van der Waals surface area contributed by atoms with Crippen LogP contribution in [-0.2, 0) is 19.1 Å². The molecule has 2 aliphatic heterocycles. The molecule has 0 spiro atoms. The van der Waals surface area contributed by atoms with Gasteiger partial charge in [-0.15, -0.1) is 0 Å². The van der Waals surface area contributed by atoms with Gasteiger partial charge in [-0.2, -0.15) is 0 Å². The fraction of sp³-hybridized carbons (Fsp3) is 0.705. The van der Waals surface area contributed by atoms with Crippen molar-refractivity contribution in [3.63, 3.8) is 0 Å². The molecule has 2 saturated heterocycles. The molecule has 0 bridgehead atoms. The van der Waals surface area contributed by atoms with E-state index < -0.39 is 48.7 Å². The number of fused-ring (bicyclic) bond motifs is 2. The van der Waals surface area contributed by atoms with Gasteiger partial charge in [-0.3, -0.25) is 0 Å². The first-order valence-corrected chi connectivity index (χ1v) is 47.8. The number of carboxylic acid groups (broad SMARTS) is 2. The van der Waals surface area contributed by atoms with Crippen molar-refractivity contribution in [2.24, 2.45) is 11.8 Å². The normalized spacial score (nSPS) is 20.1. The number of unbranched alkanes of at least 4 members (excludes halogenated alkanes) is 8.